The van der Waals surface area contributed by atoms with Crippen LogP contribution in [0.3, 0.4) is 0 Å². The van der Waals surface area contributed by atoms with Crippen molar-refractivity contribution in [2.75, 3.05) is 39.3 Å². The van der Waals surface area contributed by atoms with Crippen molar-refractivity contribution in [3.05, 3.63) is 15.6 Å². The van der Waals surface area contributed by atoms with Gasteiger partial charge in [0.05, 0.1) is 17.2 Å². The molecule has 0 unspecified atom stereocenters. The summed E-state index contributed by atoms with van der Waals surface area (Å²) in [7, 11) is 0. The predicted molar refractivity (Wildman–Crippen MR) is 125 cm³/mol. The first kappa shape index (κ1) is 26.4. The predicted octanol–water partition coefficient (Wildman–Crippen LogP) is 4.14. The molecule has 1 aliphatic heterocycles. The molecule has 1 aromatic heterocycles. The van der Waals surface area contributed by atoms with Crippen LogP contribution in [0.25, 0.3) is 0 Å². The van der Waals surface area contributed by atoms with Gasteiger partial charge in [0, 0.05) is 30.9 Å². The van der Waals surface area contributed by atoms with Crippen LogP contribution in [0, 0.1) is 19.8 Å². The number of aryl methyl sites for hydroxylation is 2. The Hall–Kier alpha value is -0.620. The number of piperidine rings is 1. The highest BCUT2D eigenvalue weighted by Crippen LogP contribution is 2.24. The van der Waals surface area contributed by atoms with Crippen LogP contribution >= 0.6 is 35.3 Å². The Labute approximate surface area is 193 Å². The zero-order chi connectivity index (χ0) is 20.6. The van der Waals surface area contributed by atoms with E-state index in [1.165, 1.54) is 9.78 Å². The Balaban J connectivity index is 0.00000420. The topological polar surface area (TPSA) is 52.6 Å². The molecule has 0 aliphatic carbocycles. The fraction of sp³-hybridized carbons (Fsp3) is 0.789. The van der Waals surface area contributed by atoms with Crippen LogP contribution in [0.1, 0.15) is 41.8 Å². The van der Waals surface area contributed by atoms with E-state index in [-0.39, 0.29) is 24.0 Å². The van der Waals surface area contributed by atoms with E-state index in [1.807, 2.05) is 20.8 Å². The Morgan fingerprint density at radius 3 is 2.48 bits per heavy atom. The smallest absolute Gasteiger partial charge is 0.357 e. The molecule has 2 rings (SSSR count). The number of likely N-dealkylation sites (tertiary alicyclic amines) is 1. The summed E-state index contributed by atoms with van der Waals surface area (Å²) >= 11 is 1.73. The monoisotopic (exact) mass is 547 g/mol. The van der Waals surface area contributed by atoms with E-state index in [9.17, 15) is 13.2 Å². The van der Waals surface area contributed by atoms with Gasteiger partial charge < -0.3 is 10.6 Å². The molecule has 0 saturated carbocycles. The lowest BCUT2D eigenvalue weighted by Crippen LogP contribution is -2.40. The van der Waals surface area contributed by atoms with Crippen LogP contribution in [-0.4, -0.2) is 61.3 Å². The van der Waals surface area contributed by atoms with Crippen molar-refractivity contribution >= 4 is 41.3 Å². The van der Waals surface area contributed by atoms with Crippen molar-refractivity contribution in [1.82, 2.24) is 20.5 Å². The van der Waals surface area contributed by atoms with Crippen molar-refractivity contribution in [1.29, 1.82) is 0 Å². The number of aliphatic imine (C=N–C) groups is 1. The summed E-state index contributed by atoms with van der Waals surface area (Å²) in [5.41, 5.74) is 1.10. The average Bonchev–Trinajstić information content (AvgIpc) is 2.92. The summed E-state index contributed by atoms with van der Waals surface area (Å²) < 4.78 is 37.4. The number of rotatable bonds is 8. The second-order valence-electron chi connectivity index (χ2n) is 7.30. The molecular formula is C19H33F3IN5S. The quantitative estimate of drug-likeness (QED) is 0.292. The van der Waals surface area contributed by atoms with Gasteiger partial charge in [-0.15, -0.1) is 35.3 Å². The van der Waals surface area contributed by atoms with E-state index in [4.69, 9.17) is 0 Å². The summed E-state index contributed by atoms with van der Waals surface area (Å²) in [6, 6.07) is 0. The highest BCUT2D eigenvalue weighted by Gasteiger charge is 2.32. The number of halogens is 4. The Morgan fingerprint density at radius 1 is 1.24 bits per heavy atom. The summed E-state index contributed by atoms with van der Waals surface area (Å²) in [4.78, 5) is 11.9. The van der Waals surface area contributed by atoms with E-state index in [2.05, 4.69) is 20.6 Å². The third-order valence-corrected chi connectivity index (χ3v) is 6.04. The van der Waals surface area contributed by atoms with Crippen LogP contribution in [0.5, 0.6) is 0 Å². The Kier molecular flexibility index (Phi) is 11.8. The van der Waals surface area contributed by atoms with Gasteiger partial charge in [-0.05, 0) is 59.0 Å². The van der Waals surface area contributed by atoms with Crippen LogP contribution in [0.2, 0.25) is 0 Å². The molecule has 1 saturated heterocycles. The van der Waals surface area contributed by atoms with Crippen molar-refractivity contribution in [3.63, 3.8) is 0 Å². The standard InChI is InChI=1S/C19H32F3N5S.HI/c1-4-23-18(25-10-6-17-14(2)26-15(3)28-17)24-9-5-16-7-11-27(12-8-16)13-19(20,21)22;/h16H,4-13H2,1-3H3,(H2,23,24,25);1H. The average molecular weight is 547 g/mol. The van der Waals surface area contributed by atoms with E-state index >= 15 is 0 Å². The first-order valence-electron chi connectivity index (χ1n) is 10.0. The number of nitrogens with one attached hydrogen (secondary N) is 2. The number of guanidine groups is 1. The first-order valence-corrected chi connectivity index (χ1v) is 10.8. The summed E-state index contributed by atoms with van der Waals surface area (Å²) in [6.45, 7) is 8.64. The molecule has 2 N–H and O–H groups in total. The number of alkyl halides is 3. The van der Waals surface area contributed by atoms with Gasteiger partial charge in [-0.2, -0.15) is 13.2 Å². The van der Waals surface area contributed by atoms with Crippen LogP contribution in [-0.2, 0) is 6.42 Å². The number of thiazole rings is 1. The maximum absolute atomic E-state index is 12.5. The molecule has 1 fully saturated rings. The molecular weight excluding hydrogens is 514 g/mol. The van der Waals surface area contributed by atoms with Gasteiger partial charge in [0.25, 0.3) is 0 Å². The molecule has 1 aliphatic rings. The Bertz CT molecular complexity index is 628. The molecule has 0 atom stereocenters. The van der Waals surface area contributed by atoms with Crippen molar-refractivity contribution in [2.24, 2.45) is 10.9 Å². The lowest BCUT2D eigenvalue weighted by molar-refractivity contribution is -0.148. The molecule has 1 aromatic rings. The lowest BCUT2D eigenvalue weighted by atomic mass is 9.93. The number of nitrogens with zero attached hydrogens (tertiary/aromatic N) is 3. The molecule has 0 spiro atoms. The minimum atomic E-state index is -4.10. The fourth-order valence-corrected chi connectivity index (χ4v) is 4.42. The molecule has 10 heteroatoms. The Morgan fingerprint density at radius 2 is 1.93 bits per heavy atom. The zero-order valence-electron chi connectivity index (χ0n) is 17.4. The fourth-order valence-electron chi connectivity index (χ4n) is 3.49. The van der Waals surface area contributed by atoms with E-state index in [1.54, 1.807) is 11.3 Å². The normalized spacial score (nSPS) is 16.6. The lowest BCUT2D eigenvalue weighted by Gasteiger charge is -2.32. The van der Waals surface area contributed by atoms with Crippen molar-refractivity contribution in [3.8, 4) is 0 Å². The second kappa shape index (κ2) is 12.9. The van der Waals surface area contributed by atoms with Crippen LogP contribution in [0.4, 0.5) is 13.2 Å². The van der Waals surface area contributed by atoms with Crippen molar-refractivity contribution in [2.45, 2.75) is 52.6 Å². The van der Waals surface area contributed by atoms with Gasteiger partial charge in [0.1, 0.15) is 0 Å². The third-order valence-electron chi connectivity index (χ3n) is 4.91. The molecule has 168 valence electrons. The van der Waals surface area contributed by atoms with Gasteiger partial charge in [-0.25, -0.2) is 4.98 Å². The molecule has 29 heavy (non-hydrogen) atoms. The van der Waals surface area contributed by atoms with Crippen LogP contribution in [0.15, 0.2) is 4.99 Å². The molecule has 0 amide bonds. The van der Waals surface area contributed by atoms with Gasteiger partial charge in [-0.1, -0.05) is 0 Å². The number of hydrogen-bond donors (Lipinski definition) is 2. The summed E-state index contributed by atoms with van der Waals surface area (Å²) in [6.07, 6.45) is -0.623. The van der Waals surface area contributed by atoms with Gasteiger partial charge >= 0.3 is 6.18 Å². The van der Waals surface area contributed by atoms with Gasteiger partial charge in [-0.3, -0.25) is 9.89 Å². The number of hydrogen-bond acceptors (Lipinski definition) is 4. The van der Waals surface area contributed by atoms with E-state index < -0.39 is 12.7 Å². The third kappa shape index (κ3) is 10.3. The number of aromatic nitrogens is 1. The SMILES string of the molecule is CCNC(=NCCC1CCN(CC(F)(F)F)CC1)NCCc1sc(C)nc1C.I. The maximum atomic E-state index is 12.5. The molecule has 5 nitrogen and oxygen atoms in total. The molecule has 0 bridgehead atoms. The van der Waals surface area contributed by atoms with E-state index in [0.29, 0.717) is 25.6 Å². The highest BCUT2D eigenvalue weighted by molar-refractivity contribution is 14.0. The van der Waals surface area contributed by atoms with Crippen molar-refractivity contribution < 1.29 is 13.2 Å². The summed E-state index contributed by atoms with van der Waals surface area (Å²) in [5, 5.41) is 7.71. The highest BCUT2D eigenvalue weighted by atomic mass is 127. The first-order chi connectivity index (χ1) is 13.3. The molecule has 0 radical (unpaired) electrons. The zero-order valence-corrected chi connectivity index (χ0v) is 20.6. The molecule has 0 aromatic carbocycles. The minimum Gasteiger partial charge on any atom is -0.357 e. The second-order valence-corrected chi connectivity index (χ2v) is 8.59. The summed E-state index contributed by atoms with van der Waals surface area (Å²) in [5.74, 6) is 1.26. The minimum absolute atomic E-state index is 0. The van der Waals surface area contributed by atoms with E-state index in [0.717, 1.165) is 55.4 Å². The van der Waals surface area contributed by atoms with Gasteiger partial charge in [0.2, 0.25) is 0 Å². The largest absolute Gasteiger partial charge is 0.401 e. The molecule has 2 heterocycles. The van der Waals surface area contributed by atoms with Crippen LogP contribution < -0.4 is 10.6 Å². The van der Waals surface area contributed by atoms with Gasteiger partial charge in [0.15, 0.2) is 5.96 Å². The maximum Gasteiger partial charge on any atom is 0.401 e.